The van der Waals surface area contributed by atoms with Crippen LogP contribution in [0.3, 0.4) is 0 Å². The van der Waals surface area contributed by atoms with Gasteiger partial charge in [-0.05, 0) is 39.2 Å². The number of nitrogens with zero attached hydrogens (tertiary/aromatic N) is 1. The second kappa shape index (κ2) is 7.41. The van der Waals surface area contributed by atoms with Gasteiger partial charge in [-0.3, -0.25) is 0 Å². The van der Waals surface area contributed by atoms with Crippen LogP contribution in [-0.4, -0.2) is 29.6 Å². The van der Waals surface area contributed by atoms with Crippen molar-refractivity contribution in [3.63, 3.8) is 0 Å². The lowest BCUT2D eigenvalue weighted by Crippen LogP contribution is -2.27. The minimum Gasteiger partial charge on any atom is -0.396 e. The highest BCUT2D eigenvalue weighted by Crippen LogP contribution is 2.20. The molecule has 18 heavy (non-hydrogen) atoms. The van der Waals surface area contributed by atoms with Crippen LogP contribution in [0.1, 0.15) is 34.1 Å². The first kappa shape index (κ1) is 17.0. The number of rotatable bonds is 6. The monoisotopic (exact) mass is 266 g/mol. The van der Waals surface area contributed by atoms with Gasteiger partial charge >= 0.3 is 6.18 Å². The zero-order valence-electron chi connectivity index (χ0n) is 11.2. The van der Waals surface area contributed by atoms with Crippen LogP contribution in [0, 0.1) is 5.92 Å². The molecule has 2 N–H and O–H groups in total. The topological polar surface area (TPSA) is 44.6 Å². The quantitative estimate of drug-likeness (QED) is 0.573. The van der Waals surface area contributed by atoms with Crippen LogP contribution >= 0.6 is 0 Å². The molecule has 0 radical (unpaired) electrons. The molecule has 0 amide bonds. The molecule has 0 fully saturated rings. The molecule has 3 nitrogen and oxygen atoms in total. The Kier molecular flexibility index (Phi) is 6.98. The van der Waals surface area contributed by atoms with E-state index in [4.69, 9.17) is 5.11 Å². The molecule has 0 aliphatic carbocycles. The Morgan fingerprint density at radius 1 is 1.33 bits per heavy atom. The van der Waals surface area contributed by atoms with Crippen molar-refractivity contribution in [2.24, 2.45) is 11.0 Å². The third-order valence-corrected chi connectivity index (χ3v) is 2.10. The van der Waals surface area contributed by atoms with Gasteiger partial charge in [0.25, 0.3) is 0 Å². The Balaban J connectivity index is 4.89. The van der Waals surface area contributed by atoms with E-state index in [2.05, 4.69) is 10.5 Å². The maximum absolute atomic E-state index is 12.7. The first-order valence-corrected chi connectivity index (χ1v) is 5.85. The third-order valence-electron chi connectivity index (χ3n) is 2.10. The van der Waals surface area contributed by atoms with Crippen molar-refractivity contribution in [1.29, 1.82) is 0 Å². The van der Waals surface area contributed by atoms with Crippen molar-refractivity contribution in [2.75, 3.05) is 6.61 Å². The minimum atomic E-state index is -4.48. The highest BCUT2D eigenvalue weighted by atomic mass is 19.4. The van der Waals surface area contributed by atoms with E-state index in [-0.39, 0.29) is 18.6 Å². The largest absolute Gasteiger partial charge is 0.435 e. The summed E-state index contributed by atoms with van der Waals surface area (Å²) in [7, 11) is 0. The molecule has 0 aliphatic heterocycles. The number of hydrogen-bond donors (Lipinski definition) is 2. The van der Waals surface area contributed by atoms with Gasteiger partial charge in [-0.15, -0.1) is 0 Å². The standard InChI is InChI=1S/C12H21F3N2O/c1-8(2)16-17-11(12(13,14)15)6-9(3)5-10(4)7-18/h6,8,10,16,18H,5,7H2,1-4H3/b9-6+,17-11+/t10-/m1/s1. The molecule has 0 spiro atoms. The number of alkyl halides is 3. The highest BCUT2D eigenvalue weighted by Gasteiger charge is 2.34. The van der Waals surface area contributed by atoms with Gasteiger partial charge in [-0.1, -0.05) is 12.5 Å². The maximum atomic E-state index is 12.7. The summed E-state index contributed by atoms with van der Waals surface area (Å²) in [5, 5.41) is 12.2. The van der Waals surface area contributed by atoms with Crippen molar-refractivity contribution in [3.05, 3.63) is 11.6 Å². The van der Waals surface area contributed by atoms with E-state index in [0.717, 1.165) is 6.08 Å². The Morgan fingerprint density at radius 2 is 1.89 bits per heavy atom. The van der Waals surface area contributed by atoms with E-state index < -0.39 is 11.9 Å². The average molecular weight is 266 g/mol. The van der Waals surface area contributed by atoms with Crippen LogP contribution < -0.4 is 5.43 Å². The molecule has 0 rings (SSSR count). The van der Waals surface area contributed by atoms with Gasteiger partial charge in [0.1, 0.15) is 0 Å². The third kappa shape index (κ3) is 7.32. The first-order valence-electron chi connectivity index (χ1n) is 5.85. The zero-order valence-corrected chi connectivity index (χ0v) is 11.2. The summed E-state index contributed by atoms with van der Waals surface area (Å²) in [6, 6.07) is -0.160. The Labute approximate surface area is 106 Å². The summed E-state index contributed by atoms with van der Waals surface area (Å²) >= 11 is 0. The molecule has 106 valence electrons. The van der Waals surface area contributed by atoms with Crippen LogP contribution in [0.2, 0.25) is 0 Å². The summed E-state index contributed by atoms with van der Waals surface area (Å²) in [6.45, 7) is 6.74. The van der Waals surface area contributed by atoms with Gasteiger partial charge in [0.05, 0.1) is 0 Å². The molecule has 0 aromatic rings. The fraction of sp³-hybridized carbons (Fsp3) is 0.750. The Morgan fingerprint density at radius 3 is 2.28 bits per heavy atom. The van der Waals surface area contributed by atoms with E-state index in [0.29, 0.717) is 12.0 Å². The number of hydrogen-bond acceptors (Lipinski definition) is 3. The predicted octanol–water partition coefficient (Wildman–Crippen LogP) is 2.87. The first-order chi connectivity index (χ1) is 8.16. The number of aliphatic hydroxyl groups is 1. The van der Waals surface area contributed by atoms with Gasteiger partial charge in [0, 0.05) is 12.6 Å². The lowest BCUT2D eigenvalue weighted by atomic mass is 10.0. The van der Waals surface area contributed by atoms with E-state index in [9.17, 15) is 13.2 Å². The smallest absolute Gasteiger partial charge is 0.396 e. The zero-order chi connectivity index (χ0) is 14.3. The molecule has 0 bridgehead atoms. The van der Waals surface area contributed by atoms with Crippen LogP contribution in [0.25, 0.3) is 0 Å². The van der Waals surface area contributed by atoms with Crippen molar-refractivity contribution in [3.8, 4) is 0 Å². The lowest BCUT2D eigenvalue weighted by molar-refractivity contribution is -0.0582. The fourth-order valence-corrected chi connectivity index (χ4v) is 1.28. The molecule has 1 atom stereocenters. The molecule has 0 aliphatic rings. The molecule has 6 heteroatoms. The molecular weight excluding hydrogens is 245 g/mol. The number of hydrazone groups is 1. The predicted molar refractivity (Wildman–Crippen MR) is 66.4 cm³/mol. The van der Waals surface area contributed by atoms with Gasteiger partial charge < -0.3 is 10.5 Å². The van der Waals surface area contributed by atoms with Crippen LogP contribution in [0.5, 0.6) is 0 Å². The Bertz CT molecular complexity index is 309. The number of nitrogens with one attached hydrogen (secondary N) is 1. The van der Waals surface area contributed by atoms with E-state index in [1.807, 2.05) is 0 Å². The van der Waals surface area contributed by atoms with E-state index >= 15 is 0 Å². The van der Waals surface area contributed by atoms with Crippen LogP contribution in [-0.2, 0) is 0 Å². The molecule has 0 heterocycles. The summed E-state index contributed by atoms with van der Waals surface area (Å²) in [5.74, 6) is -0.0613. The van der Waals surface area contributed by atoms with E-state index in [1.165, 1.54) is 0 Å². The number of aliphatic hydroxyl groups excluding tert-OH is 1. The molecule has 0 aromatic carbocycles. The summed E-state index contributed by atoms with van der Waals surface area (Å²) in [4.78, 5) is 0. The average Bonchev–Trinajstić information content (AvgIpc) is 2.21. The van der Waals surface area contributed by atoms with Crippen LogP contribution in [0.15, 0.2) is 16.8 Å². The van der Waals surface area contributed by atoms with E-state index in [1.54, 1.807) is 27.7 Å². The molecule has 0 unspecified atom stereocenters. The summed E-state index contributed by atoms with van der Waals surface area (Å²) in [6.07, 6.45) is -3.06. The van der Waals surface area contributed by atoms with Crippen molar-refractivity contribution >= 4 is 5.71 Å². The fourth-order valence-electron chi connectivity index (χ4n) is 1.28. The van der Waals surface area contributed by atoms with Gasteiger partial charge in [0.2, 0.25) is 0 Å². The van der Waals surface area contributed by atoms with Gasteiger partial charge in [-0.25, -0.2) is 0 Å². The SMILES string of the molecule is C/C(=C\C(=N/NC(C)C)C(F)(F)F)C[C@@H](C)CO. The normalized spacial score (nSPS) is 16.1. The summed E-state index contributed by atoms with van der Waals surface area (Å²) in [5.41, 5.74) is 1.99. The Hall–Kier alpha value is -1.04. The second-order valence-electron chi connectivity index (χ2n) is 4.76. The van der Waals surface area contributed by atoms with Gasteiger partial charge in [-0.2, -0.15) is 18.3 Å². The lowest BCUT2D eigenvalue weighted by Gasteiger charge is -2.12. The minimum absolute atomic E-state index is 0.0477. The van der Waals surface area contributed by atoms with Crippen molar-refractivity contribution in [2.45, 2.75) is 46.3 Å². The molecular formula is C12H21F3N2O. The molecule has 0 saturated carbocycles. The van der Waals surface area contributed by atoms with Gasteiger partial charge in [0.15, 0.2) is 5.71 Å². The van der Waals surface area contributed by atoms with Crippen molar-refractivity contribution in [1.82, 2.24) is 5.43 Å². The van der Waals surface area contributed by atoms with Crippen LogP contribution in [0.4, 0.5) is 13.2 Å². The second-order valence-corrected chi connectivity index (χ2v) is 4.76. The summed E-state index contributed by atoms with van der Waals surface area (Å²) < 4.78 is 38.1. The number of allylic oxidation sites excluding steroid dienone is 2. The molecule has 0 saturated heterocycles. The molecule has 0 aromatic heterocycles. The number of halogens is 3. The maximum Gasteiger partial charge on any atom is 0.435 e. The highest BCUT2D eigenvalue weighted by molar-refractivity contribution is 5.99. The van der Waals surface area contributed by atoms with Crippen molar-refractivity contribution < 1.29 is 18.3 Å².